The first-order chi connectivity index (χ1) is 10.3. The molecule has 1 aliphatic heterocycles. The van der Waals surface area contributed by atoms with Crippen LogP contribution in [0.5, 0.6) is 0 Å². The van der Waals surface area contributed by atoms with E-state index in [0.29, 0.717) is 18.3 Å². The molecule has 0 aromatic rings. The standard InChI is InChI=1S/C16H34N4OS/c1-7-19(8-2)14-9-11-20(13-14)15(17-6)18-10-12-22(21)16(3,4)5/h14H,7-13H2,1-6H3,(H,17,18). The Morgan fingerprint density at radius 1 is 1.36 bits per heavy atom. The number of hydrogen-bond acceptors (Lipinski definition) is 3. The van der Waals surface area contributed by atoms with Gasteiger partial charge in [-0.1, -0.05) is 13.8 Å². The molecular formula is C16H34N4OS. The zero-order chi connectivity index (χ0) is 16.8. The van der Waals surface area contributed by atoms with Gasteiger partial charge in [0.05, 0.1) is 0 Å². The Kier molecular flexibility index (Phi) is 7.83. The quantitative estimate of drug-likeness (QED) is 0.593. The number of guanidine groups is 1. The molecule has 0 saturated carbocycles. The third-order valence-corrected chi connectivity index (χ3v) is 6.20. The van der Waals surface area contributed by atoms with Gasteiger partial charge in [-0.25, -0.2) is 0 Å². The molecule has 2 unspecified atom stereocenters. The van der Waals surface area contributed by atoms with Crippen LogP contribution in [0.25, 0.3) is 0 Å². The Morgan fingerprint density at radius 2 is 2.00 bits per heavy atom. The van der Waals surface area contributed by atoms with Gasteiger partial charge in [0.25, 0.3) is 0 Å². The van der Waals surface area contributed by atoms with Crippen molar-refractivity contribution in [3.8, 4) is 0 Å². The maximum Gasteiger partial charge on any atom is 0.193 e. The minimum absolute atomic E-state index is 0.146. The lowest BCUT2D eigenvalue weighted by molar-refractivity contribution is 0.223. The predicted octanol–water partition coefficient (Wildman–Crippen LogP) is 1.53. The molecule has 6 heteroatoms. The van der Waals surface area contributed by atoms with E-state index >= 15 is 0 Å². The highest BCUT2D eigenvalue weighted by atomic mass is 32.2. The Hall–Kier alpha value is -0.620. The zero-order valence-corrected chi connectivity index (χ0v) is 16.0. The van der Waals surface area contributed by atoms with E-state index in [4.69, 9.17) is 0 Å². The van der Waals surface area contributed by atoms with E-state index in [2.05, 4.69) is 34.0 Å². The summed E-state index contributed by atoms with van der Waals surface area (Å²) >= 11 is 0. The van der Waals surface area contributed by atoms with Gasteiger partial charge in [0.2, 0.25) is 0 Å². The fourth-order valence-corrected chi connectivity index (χ4v) is 3.77. The number of rotatable bonds is 6. The van der Waals surface area contributed by atoms with Gasteiger partial charge < -0.3 is 10.2 Å². The third-order valence-electron chi connectivity index (χ3n) is 4.26. The highest BCUT2D eigenvalue weighted by Gasteiger charge is 2.28. The van der Waals surface area contributed by atoms with Crippen LogP contribution in [0.15, 0.2) is 4.99 Å². The molecule has 1 heterocycles. The summed E-state index contributed by atoms with van der Waals surface area (Å²) in [6.07, 6.45) is 1.19. The van der Waals surface area contributed by atoms with Gasteiger partial charge in [-0.15, -0.1) is 0 Å². The minimum Gasteiger partial charge on any atom is -0.355 e. The molecule has 5 nitrogen and oxygen atoms in total. The van der Waals surface area contributed by atoms with E-state index in [1.165, 1.54) is 6.42 Å². The van der Waals surface area contributed by atoms with E-state index in [-0.39, 0.29) is 4.75 Å². The molecule has 0 aromatic heterocycles. The Morgan fingerprint density at radius 3 is 2.50 bits per heavy atom. The van der Waals surface area contributed by atoms with Crippen LogP contribution >= 0.6 is 0 Å². The second kappa shape index (κ2) is 8.87. The van der Waals surface area contributed by atoms with Crippen LogP contribution in [-0.2, 0) is 10.8 Å². The Labute approximate surface area is 139 Å². The molecule has 130 valence electrons. The molecule has 1 N–H and O–H groups in total. The highest BCUT2D eigenvalue weighted by Crippen LogP contribution is 2.15. The summed E-state index contributed by atoms with van der Waals surface area (Å²) in [7, 11) is 1.01. The van der Waals surface area contributed by atoms with Gasteiger partial charge in [0.1, 0.15) is 0 Å². The van der Waals surface area contributed by atoms with E-state index in [1.54, 1.807) is 0 Å². The van der Waals surface area contributed by atoms with Gasteiger partial charge in [0.15, 0.2) is 5.96 Å². The van der Waals surface area contributed by atoms with Crippen molar-refractivity contribution in [1.29, 1.82) is 0 Å². The zero-order valence-electron chi connectivity index (χ0n) is 15.2. The lowest BCUT2D eigenvalue weighted by Gasteiger charge is -2.27. The average molecular weight is 331 g/mol. The van der Waals surface area contributed by atoms with Crippen LogP contribution in [0.3, 0.4) is 0 Å². The average Bonchev–Trinajstić information content (AvgIpc) is 2.93. The molecule has 1 saturated heterocycles. The monoisotopic (exact) mass is 330 g/mol. The van der Waals surface area contributed by atoms with Gasteiger partial charge in [-0.2, -0.15) is 0 Å². The van der Waals surface area contributed by atoms with Gasteiger partial charge in [-0.05, 0) is 40.3 Å². The normalized spacial score (nSPS) is 21.5. The number of likely N-dealkylation sites (N-methyl/N-ethyl adjacent to an activating group) is 1. The third kappa shape index (κ3) is 5.54. The summed E-state index contributed by atoms with van der Waals surface area (Å²) in [4.78, 5) is 9.23. The summed E-state index contributed by atoms with van der Waals surface area (Å²) in [6, 6.07) is 0.622. The summed E-state index contributed by atoms with van der Waals surface area (Å²) in [5, 5.41) is 3.37. The summed E-state index contributed by atoms with van der Waals surface area (Å²) in [5.74, 6) is 1.61. The molecule has 0 amide bonds. The fourth-order valence-electron chi connectivity index (χ4n) is 2.87. The molecule has 2 atom stereocenters. The molecule has 1 rings (SSSR count). The van der Waals surface area contributed by atoms with Crippen molar-refractivity contribution < 1.29 is 4.21 Å². The van der Waals surface area contributed by atoms with Gasteiger partial charge in [0, 0.05) is 54.0 Å². The molecule has 0 aliphatic carbocycles. The van der Waals surface area contributed by atoms with Crippen molar-refractivity contribution in [2.24, 2.45) is 4.99 Å². The summed E-state index contributed by atoms with van der Waals surface area (Å²) in [5.41, 5.74) is 0. The van der Waals surface area contributed by atoms with Crippen LogP contribution < -0.4 is 5.32 Å². The van der Waals surface area contributed by atoms with Crippen LogP contribution in [0.2, 0.25) is 0 Å². The first-order valence-corrected chi connectivity index (χ1v) is 9.73. The fraction of sp³-hybridized carbons (Fsp3) is 0.938. The van der Waals surface area contributed by atoms with Crippen molar-refractivity contribution in [2.45, 2.75) is 51.8 Å². The van der Waals surface area contributed by atoms with Crippen LogP contribution in [0, 0.1) is 0 Å². The Balaban J connectivity index is 2.45. The van der Waals surface area contributed by atoms with Gasteiger partial charge in [-0.3, -0.25) is 14.1 Å². The first kappa shape index (κ1) is 19.4. The lowest BCUT2D eigenvalue weighted by Crippen LogP contribution is -2.44. The largest absolute Gasteiger partial charge is 0.355 e. The summed E-state index contributed by atoms with van der Waals surface area (Å²) in [6.45, 7) is 15.5. The van der Waals surface area contributed by atoms with E-state index < -0.39 is 10.8 Å². The van der Waals surface area contributed by atoms with Crippen LogP contribution in [0.1, 0.15) is 41.0 Å². The van der Waals surface area contributed by atoms with Crippen molar-refractivity contribution in [2.75, 3.05) is 45.5 Å². The molecule has 0 bridgehead atoms. The highest BCUT2D eigenvalue weighted by molar-refractivity contribution is 7.86. The molecule has 0 aromatic carbocycles. The summed E-state index contributed by atoms with van der Waals surface area (Å²) < 4.78 is 11.9. The smallest absolute Gasteiger partial charge is 0.193 e. The van der Waals surface area contributed by atoms with E-state index in [0.717, 1.165) is 32.1 Å². The van der Waals surface area contributed by atoms with Crippen molar-refractivity contribution >= 4 is 16.8 Å². The molecule has 1 fully saturated rings. The number of hydrogen-bond donors (Lipinski definition) is 1. The second-order valence-corrected chi connectivity index (χ2v) is 9.07. The maximum atomic E-state index is 12.1. The SMILES string of the molecule is CCN(CC)C1CCN(C(=NC)NCCS(=O)C(C)(C)C)C1. The number of nitrogens with zero attached hydrogens (tertiary/aromatic N) is 3. The van der Waals surface area contributed by atoms with Crippen molar-refractivity contribution in [1.82, 2.24) is 15.1 Å². The first-order valence-electron chi connectivity index (χ1n) is 8.41. The topological polar surface area (TPSA) is 47.9 Å². The van der Waals surface area contributed by atoms with Crippen LogP contribution in [-0.4, -0.2) is 76.3 Å². The van der Waals surface area contributed by atoms with Crippen molar-refractivity contribution in [3.63, 3.8) is 0 Å². The van der Waals surface area contributed by atoms with E-state index in [9.17, 15) is 4.21 Å². The maximum absolute atomic E-state index is 12.1. The van der Waals surface area contributed by atoms with E-state index in [1.807, 2.05) is 27.8 Å². The lowest BCUT2D eigenvalue weighted by atomic mass is 10.2. The molecule has 0 radical (unpaired) electrons. The molecule has 0 spiro atoms. The van der Waals surface area contributed by atoms with Crippen molar-refractivity contribution in [3.05, 3.63) is 0 Å². The van der Waals surface area contributed by atoms with Crippen LogP contribution in [0.4, 0.5) is 0 Å². The predicted molar refractivity (Wildman–Crippen MR) is 97.0 cm³/mol. The van der Waals surface area contributed by atoms with Gasteiger partial charge >= 0.3 is 0 Å². The number of likely N-dealkylation sites (tertiary alicyclic amines) is 1. The second-order valence-electron chi connectivity index (χ2n) is 6.75. The number of aliphatic imine (C=N–C) groups is 1. The molecule has 22 heavy (non-hydrogen) atoms. The minimum atomic E-state index is -0.819. The molecular weight excluding hydrogens is 296 g/mol. The number of nitrogens with one attached hydrogen (secondary N) is 1. The molecule has 1 aliphatic rings. The Bertz CT molecular complexity index is 388.